The van der Waals surface area contributed by atoms with Crippen molar-refractivity contribution in [2.45, 2.75) is 5.03 Å². The predicted octanol–water partition coefficient (Wildman–Crippen LogP) is 0.489. The molecule has 0 radical (unpaired) electrons. The number of esters is 1. The first-order chi connectivity index (χ1) is 7.76. The summed E-state index contributed by atoms with van der Waals surface area (Å²) in [5.74, 6) is -0.133. The van der Waals surface area contributed by atoms with Gasteiger partial charge in [0.25, 0.3) is 0 Å². The topological polar surface area (TPSA) is 85.7 Å². The molecule has 1 aliphatic rings. The van der Waals surface area contributed by atoms with E-state index < -0.39 is 5.97 Å². The third-order valence-electron chi connectivity index (χ3n) is 1.79. The number of anilines is 1. The largest absolute Gasteiger partial charge is 0.479 e. The standard InChI is InChI=1S/C8H8N4O3S/c1-14-5-4-6(10-3-9-5)16-7(12-11-4)8(13)15-2/h3,11H,1-2H3. The second-order valence-corrected chi connectivity index (χ2v) is 3.66. The summed E-state index contributed by atoms with van der Waals surface area (Å²) in [6.45, 7) is 0. The van der Waals surface area contributed by atoms with E-state index in [9.17, 15) is 4.79 Å². The number of hydrazone groups is 1. The van der Waals surface area contributed by atoms with E-state index in [4.69, 9.17) is 4.74 Å². The molecule has 1 aromatic heterocycles. The van der Waals surface area contributed by atoms with E-state index in [1.807, 2.05) is 0 Å². The van der Waals surface area contributed by atoms with Gasteiger partial charge in [-0.2, -0.15) is 10.1 Å². The number of nitrogens with zero attached hydrogens (tertiary/aromatic N) is 3. The van der Waals surface area contributed by atoms with Gasteiger partial charge in [0, 0.05) is 0 Å². The third-order valence-corrected chi connectivity index (χ3v) is 2.75. The van der Waals surface area contributed by atoms with Gasteiger partial charge in [0.15, 0.2) is 5.69 Å². The molecule has 0 atom stereocenters. The highest BCUT2D eigenvalue weighted by Crippen LogP contribution is 2.35. The zero-order valence-corrected chi connectivity index (χ0v) is 9.37. The second-order valence-electron chi connectivity index (χ2n) is 2.69. The van der Waals surface area contributed by atoms with Crippen LogP contribution in [0.2, 0.25) is 0 Å². The molecule has 0 amide bonds. The molecule has 0 aromatic carbocycles. The van der Waals surface area contributed by atoms with Crippen molar-refractivity contribution in [1.82, 2.24) is 9.97 Å². The smallest absolute Gasteiger partial charge is 0.365 e. The minimum Gasteiger partial charge on any atom is -0.479 e. The van der Waals surface area contributed by atoms with Crippen molar-refractivity contribution in [3.05, 3.63) is 6.33 Å². The summed E-state index contributed by atoms with van der Waals surface area (Å²) in [6.07, 6.45) is 1.35. The maximum atomic E-state index is 11.2. The van der Waals surface area contributed by atoms with Crippen LogP contribution in [-0.4, -0.2) is 35.2 Å². The molecule has 0 fully saturated rings. The van der Waals surface area contributed by atoms with E-state index >= 15 is 0 Å². The fourth-order valence-electron chi connectivity index (χ4n) is 1.08. The molecule has 16 heavy (non-hydrogen) atoms. The number of methoxy groups -OCH3 is 2. The Morgan fingerprint density at radius 1 is 1.44 bits per heavy atom. The first-order valence-electron chi connectivity index (χ1n) is 4.25. The number of rotatable bonds is 2. The Kier molecular flexibility index (Phi) is 2.91. The normalized spacial score (nSPS) is 13.2. The Balaban J connectivity index is 2.31. The zero-order chi connectivity index (χ0) is 11.5. The van der Waals surface area contributed by atoms with Gasteiger partial charge >= 0.3 is 5.97 Å². The van der Waals surface area contributed by atoms with Gasteiger partial charge in [-0.1, -0.05) is 0 Å². The van der Waals surface area contributed by atoms with Crippen LogP contribution in [0, 0.1) is 0 Å². The number of carbonyl (C=O) groups excluding carboxylic acids is 1. The Morgan fingerprint density at radius 2 is 2.25 bits per heavy atom. The van der Waals surface area contributed by atoms with E-state index in [-0.39, 0.29) is 5.04 Å². The number of hydrogen-bond acceptors (Lipinski definition) is 8. The minimum absolute atomic E-state index is 0.191. The van der Waals surface area contributed by atoms with E-state index in [0.717, 1.165) is 11.8 Å². The van der Waals surface area contributed by atoms with Crippen LogP contribution in [-0.2, 0) is 9.53 Å². The van der Waals surface area contributed by atoms with Gasteiger partial charge < -0.3 is 9.47 Å². The number of ether oxygens (including phenoxy) is 2. The summed E-state index contributed by atoms with van der Waals surface area (Å²) in [4.78, 5) is 19.2. The van der Waals surface area contributed by atoms with E-state index in [1.165, 1.54) is 20.5 Å². The lowest BCUT2D eigenvalue weighted by molar-refractivity contribution is -0.132. The fourth-order valence-corrected chi connectivity index (χ4v) is 1.85. The van der Waals surface area contributed by atoms with Crippen molar-refractivity contribution in [2.24, 2.45) is 5.10 Å². The predicted molar refractivity (Wildman–Crippen MR) is 57.5 cm³/mol. The number of carbonyl (C=O) groups is 1. The van der Waals surface area contributed by atoms with Crippen LogP contribution in [0.5, 0.6) is 5.88 Å². The maximum absolute atomic E-state index is 11.2. The van der Waals surface area contributed by atoms with E-state index in [1.54, 1.807) is 0 Å². The molecule has 7 nitrogen and oxygen atoms in total. The Hall–Kier alpha value is -1.83. The number of nitrogens with one attached hydrogen (secondary N) is 1. The van der Waals surface area contributed by atoms with E-state index in [2.05, 4.69) is 25.2 Å². The molecule has 1 aliphatic heterocycles. The lowest BCUT2D eigenvalue weighted by Crippen LogP contribution is -2.18. The first-order valence-corrected chi connectivity index (χ1v) is 5.06. The van der Waals surface area contributed by atoms with Crippen LogP contribution < -0.4 is 10.2 Å². The molecular weight excluding hydrogens is 232 g/mol. The Bertz CT molecular complexity index is 463. The van der Waals surface area contributed by atoms with Crippen molar-refractivity contribution >= 4 is 28.5 Å². The summed E-state index contributed by atoms with van der Waals surface area (Å²) in [7, 11) is 2.79. The molecule has 0 spiro atoms. The number of aromatic nitrogens is 2. The third kappa shape index (κ3) is 1.78. The van der Waals surface area contributed by atoms with Gasteiger partial charge in [0.1, 0.15) is 11.4 Å². The highest BCUT2D eigenvalue weighted by atomic mass is 32.2. The maximum Gasteiger partial charge on any atom is 0.365 e. The van der Waals surface area contributed by atoms with Crippen molar-refractivity contribution in [3.8, 4) is 5.88 Å². The summed E-state index contributed by atoms with van der Waals surface area (Å²) < 4.78 is 9.58. The molecule has 84 valence electrons. The van der Waals surface area contributed by atoms with Gasteiger partial charge in [-0.3, -0.25) is 5.43 Å². The molecule has 2 rings (SSSR count). The molecule has 0 saturated heterocycles. The van der Waals surface area contributed by atoms with Crippen molar-refractivity contribution in [2.75, 3.05) is 19.6 Å². The van der Waals surface area contributed by atoms with Gasteiger partial charge in [-0.15, -0.1) is 0 Å². The first kappa shape index (κ1) is 10.7. The lowest BCUT2D eigenvalue weighted by atomic mass is 10.5. The van der Waals surface area contributed by atoms with Gasteiger partial charge in [-0.25, -0.2) is 9.78 Å². The number of fused-ring (bicyclic) bond motifs is 1. The van der Waals surface area contributed by atoms with Crippen LogP contribution in [0.25, 0.3) is 0 Å². The van der Waals surface area contributed by atoms with Gasteiger partial charge in [-0.05, 0) is 11.8 Å². The summed E-state index contributed by atoms with van der Waals surface area (Å²) >= 11 is 1.10. The molecule has 1 N–H and O–H groups in total. The number of thioether (sulfide) groups is 1. The SMILES string of the molecule is COC(=O)C1=NNc2c(OC)ncnc2S1. The molecule has 1 aromatic rings. The molecule has 0 bridgehead atoms. The monoisotopic (exact) mass is 240 g/mol. The second kappa shape index (κ2) is 4.35. The summed E-state index contributed by atoms with van der Waals surface area (Å²) in [6, 6.07) is 0. The van der Waals surface area contributed by atoms with Crippen molar-refractivity contribution in [3.63, 3.8) is 0 Å². The summed E-state index contributed by atoms with van der Waals surface area (Å²) in [5, 5.41) is 4.61. The van der Waals surface area contributed by atoms with Crippen LogP contribution in [0.1, 0.15) is 0 Å². The highest BCUT2D eigenvalue weighted by Gasteiger charge is 2.24. The Morgan fingerprint density at radius 3 is 2.94 bits per heavy atom. The van der Waals surface area contributed by atoms with Crippen LogP contribution >= 0.6 is 11.8 Å². The fraction of sp³-hybridized carbons (Fsp3) is 0.250. The molecular formula is C8H8N4O3S. The quantitative estimate of drug-likeness (QED) is 0.594. The average Bonchev–Trinajstić information content (AvgIpc) is 2.36. The van der Waals surface area contributed by atoms with Crippen molar-refractivity contribution in [1.29, 1.82) is 0 Å². The molecule has 0 saturated carbocycles. The lowest BCUT2D eigenvalue weighted by Gasteiger charge is -2.15. The van der Waals surface area contributed by atoms with Gasteiger partial charge in [0.05, 0.1) is 14.2 Å². The molecule has 0 unspecified atom stereocenters. The molecule has 8 heteroatoms. The Labute approximate surface area is 95.3 Å². The highest BCUT2D eigenvalue weighted by molar-refractivity contribution is 8.15. The van der Waals surface area contributed by atoms with Crippen LogP contribution in [0.15, 0.2) is 16.5 Å². The van der Waals surface area contributed by atoms with Gasteiger partial charge in [0.2, 0.25) is 10.9 Å². The van der Waals surface area contributed by atoms with Crippen molar-refractivity contribution < 1.29 is 14.3 Å². The molecule has 2 heterocycles. The average molecular weight is 240 g/mol. The van der Waals surface area contributed by atoms with Crippen LogP contribution in [0.3, 0.4) is 0 Å². The summed E-state index contributed by atoms with van der Waals surface area (Å²) in [5.41, 5.74) is 3.21. The number of hydrogen-bond donors (Lipinski definition) is 1. The minimum atomic E-state index is -0.513. The van der Waals surface area contributed by atoms with E-state index in [0.29, 0.717) is 16.6 Å². The zero-order valence-electron chi connectivity index (χ0n) is 8.55. The molecule has 0 aliphatic carbocycles. The van der Waals surface area contributed by atoms with Crippen LogP contribution in [0.4, 0.5) is 5.69 Å².